The third kappa shape index (κ3) is 7.64. The van der Waals surface area contributed by atoms with E-state index in [0.29, 0.717) is 49.3 Å². The van der Waals surface area contributed by atoms with Crippen LogP contribution in [0, 0.1) is 23.6 Å². The van der Waals surface area contributed by atoms with Gasteiger partial charge in [0, 0.05) is 37.0 Å². The highest BCUT2D eigenvalue weighted by molar-refractivity contribution is 7.91. The highest BCUT2D eigenvalue weighted by Crippen LogP contribution is 2.48. The Morgan fingerprint density at radius 3 is 2.50 bits per heavy atom. The fourth-order valence-electron chi connectivity index (χ4n) is 8.21. The molecule has 5 aliphatic rings. The number of hydrogen-bond acceptors (Lipinski definition) is 10. The van der Waals surface area contributed by atoms with Crippen LogP contribution in [0.25, 0.3) is 10.8 Å². The number of hydrogen-bond donors (Lipinski definition) is 2. The van der Waals surface area contributed by atoms with Crippen molar-refractivity contribution in [2.75, 3.05) is 20.7 Å². The Labute approximate surface area is 326 Å². The van der Waals surface area contributed by atoms with Crippen LogP contribution in [-0.2, 0) is 29.1 Å². The van der Waals surface area contributed by atoms with E-state index in [1.165, 1.54) is 42.3 Å². The molecule has 0 bridgehead atoms. The molecule has 7 atom stereocenters. The molecule has 304 valence electrons. The Bertz CT molecular complexity index is 2070. The molecule has 3 heterocycles. The van der Waals surface area contributed by atoms with Crippen molar-refractivity contribution in [2.45, 2.75) is 120 Å². The number of ether oxygens (including phenoxy) is 3. The van der Waals surface area contributed by atoms with Gasteiger partial charge in [-0.3, -0.25) is 24.0 Å². The Hall–Kier alpha value is -4.47. The second kappa shape index (κ2) is 14.5. The van der Waals surface area contributed by atoms with Gasteiger partial charge in [-0.25, -0.2) is 22.6 Å². The lowest BCUT2D eigenvalue weighted by molar-refractivity contribution is -0.144. The summed E-state index contributed by atoms with van der Waals surface area (Å²) in [7, 11) is -1.07. The average molecular weight is 798 g/mol. The Morgan fingerprint density at radius 2 is 1.82 bits per heavy atom. The molecule has 1 saturated heterocycles. The van der Waals surface area contributed by atoms with Crippen LogP contribution in [0.3, 0.4) is 0 Å². The minimum atomic E-state index is -4.02. The van der Waals surface area contributed by atoms with E-state index in [2.05, 4.69) is 21.9 Å². The van der Waals surface area contributed by atoms with E-state index < -0.39 is 79.6 Å². The molecule has 3 aliphatic carbocycles. The van der Waals surface area contributed by atoms with Gasteiger partial charge in [0.25, 0.3) is 5.91 Å². The second-order valence-corrected chi connectivity index (χ2v) is 19.4. The first-order chi connectivity index (χ1) is 26.4. The molecule has 4 fully saturated rings. The number of carbonyl (C=O) groups is 4. The Morgan fingerprint density at radius 1 is 1.09 bits per heavy atom. The van der Waals surface area contributed by atoms with Crippen LogP contribution in [-0.4, -0.2) is 102 Å². The molecule has 2 aromatic rings. The number of rotatable bonds is 8. The van der Waals surface area contributed by atoms with Crippen molar-refractivity contribution in [1.29, 1.82) is 0 Å². The summed E-state index contributed by atoms with van der Waals surface area (Å²) >= 11 is 0. The number of carbonyl (C=O) groups excluding carboxylic acids is 4. The van der Waals surface area contributed by atoms with Crippen molar-refractivity contribution in [3.05, 3.63) is 42.4 Å². The number of pyridine rings is 1. The molecular weight excluding hydrogens is 746 g/mol. The molecule has 2 aliphatic heterocycles. The van der Waals surface area contributed by atoms with E-state index in [0.717, 1.165) is 6.42 Å². The van der Waals surface area contributed by atoms with Gasteiger partial charge in [0.1, 0.15) is 40.9 Å². The summed E-state index contributed by atoms with van der Waals surface area (Å²) in [5.74, 6) is -2.92. The lowest BCUT2D eigenvalue weighted by Crippen LogP contribution is -2.59. The smallest absolute Gasteiger partial charge is 0.410 e. The summed E-state index contributed by atoms with van der Waals surface area (Å²) in [5.41, 5.74) is -2.16. The van der Waals surface area contributed by atoms with E-state index in [-0.39, 0.29) is 42.9 Å². The Kier molecular flexibility index (Phi) is 10.3. The van der Waals surface area contributed by atoms with Crippen molar-refractivity contribution in [1.82, 2.24) is 24.8 Å². The first-order valence-corrected chi connectivity index (χ1v) is 21.0. The van der Waals surface area contributed by atoms with Crippen LogP contribution in [0.5, 0.6) is 11.6 Å². The zero-order valence-electron chi connectivity index (χ0n) is 32.8. The number of likely N-dealkylation sites (N-methyl/N-ethyl adjacent to an activating group) is 1. The van der Waals surface area contributed by atoms with Crippen LogP contribution in [0.1, 0.15) is 85.5 Å². The number of aromatic nitrogens is 1. The summed E-state index contributed by atoms with van der Waals surface area (Å²) in [6.07, 6.45) is 8.23. The molecule has 14 nitrogen and oxygen atoms in total. The van der Waals surface area contributed by atoms with Crippen molar-refractivity contribution in [3.63, 3.8) is 0 Å². The minimum absolute atomic E-state index is 0.0413. The number of halogens is 1. The number of methoxy groups -OCH3 is 1. The molecule has 16 heteroatoms. The van der Waals surface area contributed by atoms with Gasteiger partial charge in [-0.15, -0.1) is 0 Å². The molecule has 0 unspecified atom stereocenters. The van der Waals surface area contributed by atoms with Gasteiger partial charge >= 0.3 is 6.09 Å². The fourth-order valence-corrected chi connectivity index (χ4v) is 9.52. The summed E-state index contributed by atoms with van der Waals surface area (Å²) in [6, 6.07) is 1.97. The molecule has 0 spiro atoms. The lowest BCUT2D eigenvalue weighted by atomic mass is 9.87. The molecular formula is C40H52FN5O9S. The van der Waals surface area contributed by atoms with E-state index in [1.54, 1.807) is 13.0 Å². The summed E-state index contributed by atoms with van der Waals surface area (Å²) < 4.78 is 59.9. The normalized spacial score (nSPS) is 31.4. The zero-order valence-corrected chi connectivity index (χ0v) is 33.6. The maximum absolute atomic E-state index is 15.0. The van der Waals surface area contributed by atoms with Gasteiger partial charge in [0.05, 0.1) is 23.8 Å². The maximum atomic E-state index is 15.0. The number of amides is 4. The monoisotopic (exact) mass is 797 g/mol. The highest BCUT2D eigenvalue weighted by Gasteiger charge is 2.63. The van der Waals surface area contributed by atoms with E-state index >= 15 is 0 Å². The number of nitrogens with zero attached hydrogens (tertiary/aromatic N) is 3. The van der Waals surface area contributed by atoms with E-state index in [4.69, 9.17) is 14.2 Å². The lowest BCUT2D eigenvalue weighted by Gasteiger charge is -2.37. The van der Waals surface area contributed by atoms with Gasteiger partial charge < -0.3 is 24.4 Å². The van der Waals surface area contributed by atoms with E-state index in [1.807, 2.05) is 26.0 Å². The first kappa shape index (κ1) is 39.8. The highest BCUT2D eigenvalue weighted by atomic mass is 32.2. The number of benzene rings is 1. The van der Waals surface area contributed by atoms with Crippen molar-refractivity contribution in [3.8, 4) is 11.6 Å². The zero-order chi connectivity index (χ0) is 40.4. The number of sulfonamides is 1. The average Bonchev–Trinajstić information content (AvgIpc) is 4.10. The summed E-state index contributed by atoms with van der Waals surface area (Å²) in [4.78, 5) is 64.2. The topological polar surface area (TPSA) is 174 Å². The molecule has 4 amide bonds. The van der Waals surface area contributed by atoms with Crippen molar-refractivity contribution in [2.24, 2.45) is 17.8 Å². The predicted molar refractivity (Wildman–Crippen MR) is 203 cm³/mol. The first-order valence-electron chi connectivity index (χ1n) is 19.5. The molecule has 0 radical (unpaired) electrons. The van der Waals surface area contributed by atoms with Gasteiger partial charge in [0.15, 0.2) is 0 Å². The number of allylic oxidation sites excluding steroid dienone is 1. The van der Waals surface area contributed by atoms with Crippen LogP contribution in [0.2, 0.25) is 0 Å². The molecule has 7 rings (SSSR count). The van der Waals surface area contributed by atoms with Gasteiger partial charge in [0.2, 0.25) is 27.7 Å². The molecule has 3 saturated carbocycles. The number of nitrogens with one attached hydrogen (secondary N) is 2. The SMILES string of the molecule is COc1cc(F)cc2c(O[C@@H]3C[C@H]4C(=O)N[C@]5(C(=O)NS(=O)(=O)C6(C)CC6)C[C@H]5/C=C\CC[C@@H](C)C[C@@H](C)[C@H](N(C)C(=O)OC5(C)CC5)C(=O)N4C3)nccc12. The standard InChI is InChI=1S/C40H52FN5O9S/c1-23-9-7-8-10-25-21-40(25,36(49)44-56(51,52)39(4)14-15-39)43-33(47)30-20-27(54-34-29-18-26(41)19-31(53-6)28(29)11-16-42-34)22-46(30)35(48)32(24(2)17-23)45(5)37(50)55-38(3)12-13-38/h8,10-11,16,18-19,23-25,27,30,32H,7,9,12-15,17,20-22H2,1-6H3,(H,43,47)(H,44,49)/b10-8-/t23-,24-,25-,27-,30+,32+,40-/m1/s1. The number of fused-ring (bicyclic) bond motifs is 3. The molecule has 1 aromatic heterocycles. The molecule has 2 N–H and O–H groups in total. The van der Waals surface area contributed by atoms with E-state index in [9.17, 15) is 32.0 Å². The summed E-state index contributed by atoms with van der Waals surface area (Å²) in [5, 5.41) is 3.76. The third-order valence-corrected chi connectivity index (χ3v) is 14.6. The van der Waals surface area contributed by atoms with Gasteiger partial charge in [-0.05, 0) is 89.2 Å². The van der Waals surface area contributed by atoms with Gasteiger partial charge in [-0.2, -0.15) is 0 Å². The van der Waals surface area contributed by atoms with Crippen molar-refractivity contribution < 1.29 is 46.2 Å². The molecule has 1 aromatic carbocycles. The maximum Gasteiger partial charge on any atom is 0.410 e. The van der Waals surface area contributed by atoms with Crippen LogP contribution in [0.4, 0.5) is 9.18 Å². The largest absolute Gasteiger partial charge is 0.496 e. The summed E-state index contributed by atoms with van der Waals surface area (Å²) in [6.45, 7) is 7.30. The quantitative estimate of drug-likeness (QED) is 0.360. The second-order valence-electron chi connectivity index (χ2n) is 17.2. The fraction of sp³-hybridized carbons (Fsp3) is 0.625. The van der Waals surface area contributed by atoms with Gasteiger partial charge in [-0.1, -0.05) is 26.0 Å². The van der Waals surface area contributed by atoms with Crippen molar-refractivity contribution >= 4 is 44.6 Å². The Balaban J connectivity index is 1.24. The van der Waals surface area contributed by atoms with Crippen LogP contribution < -0.4 is 19.5 Å². The minimum Gasteiger partial charge on any atom is -0.496 e. The molecule has 56 heavy (non-hydrogen) atoms. The predicted octanol–water partition coefficient (Wildman–Crippen LogP) is 4.61. The van der Waals surface area contributed by atoms with Crippen LogP contribution in [0.15, 0.2) is 36.5 Å². The third-order valence-electron chi connectivity index (χ3n) is 12.5. The van der Waals surface area contributed by atoms with Crippen LogP contribution >= 0.6 is 0 Å².